The Balaban J connectivity index is 3.22. The van der Waals surface area contributed by atoms with Crippen LogP contribution in [0, 0.1) is 10.5 Å². The van der Waals surface area contributed by atoms with Crippen LogP contribution >= 0.6 is 22.6 Å². The zero-order chi connectivity index (χ0) is 8.27. The highest BCUT2D eigenvalue weighted by Crippen LogP contribution is 2.20. The Labute approximate surface area is 78.5 Å². The van der Waals surface area contributed by atoms with Crippen LogP contribution in [-0.4, -0.2) is 6.08 Å². The molecule has 0 spiro atoms. The lowest BCUT2D eigenvalue weighted by Crippen LogP contribution is -1.75. The van der Waals surface area contributed by atoms with Gasteiger partial charge in [-0.15, -0.1) is 0 Å². The minimum atomic E-state index is 0.701. The Morgan fingerprint density at radius 3 is 2.91 bits per heavy atom. The van der Waals surface area contributed by atoms with E-state index in [1.165, 1.54) is 6.08 Å². The fourth-order valence-corrected chi connectivity index (χ4v) is 1.23. The first kappa shape index (κ1) is 8.43. The summed E-state index contributed by atoms with van der Waals surface area (Å²) in [5.41, 5.74) is 1.70. The average molecular weight is 259 g/mol. The summed E-state index contributed by atoms with van der Waals surface area (Å²) in [6.07, 6.45) is 1.52. The van der Waals surface area contributed by atoms with Gasteiger partial charge in [-0.3, -0.25) is 0 Å². The van der Waals surface area contributed by atoms with Crippen LogP contribution in [0.5, 0.6) is 0 Å². The molecule has 2 nitrogen and oxygen atoms in total. The molecule has 0 N–H and O–H groups in total. The molecule has 1 aromatic rings. The number of hydrogen-bond acceptors (Lipinski definition) is 2. The van der Waals surface area contributed by atoms with Gasteiger partial charge in [-0.05, 0) is 47.2 Å². The van der Waals surface area contributed by atoms with Crippen molar-refractivity contribution >= 4 is 34.4 Å². The molecule has 0 bridgehead atoms. The topological polar surface area (TPSA) is 29.4 Å². The molecule has 0 unspecified atom stereocenters. The normalized spacial score (nSPS) is 8.91. The number of halogens is 1. The summed E-state index contributed by atoms with van der Waals surface area (Å²) < 4.78 is 1.07. The van der Waals surface area contributed by atoms with E-state index in [9.17, 15) is 4.79 Å². The van der Waals surface area contributed by atoms with Gasteiger partial charge >= 0.3 is 0 Å². The Morgan fingerprint density at radius 1 is 1.55 bits per heavy atom. The van der Waals surface area contributed by atoms with Gasteiger partial charge in [-0.2, -0.15) is 4.99 Å². The van der Waals surface area contributed by atoms with Crippen LogP contribution in [0.3, 0.4) is 0 Å². The van der Waals surface area contributed by atoms with E-state index in [0.717, 1.165) is 9.13 Å². The number of nitrogens with zero attached hydrogens (tertiary/aromatic N) is 1. The maximum Gasteiger partial charge on any atom is 0.240 e. The van der Waals surface area contributed by atoms with Crippen LogP contribution in [0.1, 0.15) is 5.56 Å². The van der Waals surface area contributed by atoms with Gasteiger partial charge in [-0.25, -0.2) is 4.79 Å². The van der Waals surface area contributed by atoms with Crippen LogP contribution in [0.15, 0.2) is 23.2 Å². The van der Waals surface area contributed by atoms with Gasteiger partial charge in [-0.1, -0.05) is 6.07 Å². The van der Waals surface area contributed by atoms with Gasteiger partial charge in [0.05, 0.1) is 5.69 Å². The lowest BCUT2D eigenvalue weighted by atomic mass is 10.2. The molecule has 0 fully saturated rings. The van der Waals surface area contributed by atoms with Crippen molar-refractivity contribution in [3.63, 3.8) is 0 Å². The Morgan fingerprint density at radius 2 is 2.27 bits per heavy atom. The molecule has 3 heteroatoms. The third kappa shape index (κ3) is 2.13. The van der Waals surface area contributed by atoms with E-state index >= 15 is 0 Å². The van der Waals surface area contributed by atoms with Crippen molar-refractivity contribution in [1.82, 2.24) is 0 Å². The summed E-state index contributed by atoms with van der Waals surface area (Å²) in [5.74, 6) is 0. The van der Waals surface area contributed by atoms with E-state index < -0.39 is 0 Å². The number of aliphatic imine (C=N–C) groups is 1. The first-order chi connectivity index (χ1) is 5.24. The van der Waals surface area contributed by atoms with E-state index in [0.29, 0.717) is 5.69 Å². The zero-order valence-corrected chi connectivity index (χ0v) is 8.12. The second kappa shape index (κ2) is 3.64. The highest BCUT2D eigenvalue weighted by atomic mass is 127. The molecule has 0 aromatic heterocycles. The van der Waals surface area contributed by atoms with Crippen LogP contribution in [-0.2, 0) is 4.79 Å². The number of isocyanates is 1. The molecule has 0 aliphatic carbocycles. The van der Waals surface area contributed by atoms with E-state index in [2.05, 4.69) is 27.6 Å². The quantitative estimate of drug-likeness (QED) is 0.433. The van der Waals surface area contributed by atoms with E-state index in [-0.39, 0.29) is 0 Å². The van der Waals surface area contributed by atoms with E-state index in [1.807, 2.05) is 25.1 Å². The SMILES string of the molecule is Cc1ccc(I)cc1N=C=O. The predicted octanol–water partition coefficient (Wildman–Crippen LogP) is 2.57. The number of hydrogen-bond donors (Lipinski definition) is 0. The molecule has 1 rings (SSSR count). The summed E-state index contributed by atoms with van der Waals surface area (Å²) in [5, 5.41) is 0. The molecule has 11 heavy (non-hydrogen) atoms. The Kier molecular flexibility index (Phi) is 2.79. The fraction of sp³-hybridized carbons (Fsp3) is 0.125. The largest absolute Gasteiger partial charge is 0.240 e. The van der Waals surface area contributed by atoms with Crippen molar-refractivity contribution in [2.45, 2.75) is 6.92 Å². The standard InChI is InChI=1S/C8H6INO/c1-6-2-3-7(9)4-8(6)10-5-11/h2-4H,1H3. The van der Waals surface area contributed by atoms with Crippen LogP contribution in [0.4, 0.5) is 5.69 Å². The number of carbonyl (C=O) groups excluding carboxylic acids is 1. The maximum atomic E-state index is 9.94. The minimum Gasteiger partial charge on any atom is -0.211 e. The summed E-state index contributed by atoms with van der Waals surface area (Å²) in [4.78, 5) is 13.5. The lowest BCUT2D eigenvalue weighted by molar-refractivity contribution is 0.565. The monoisotopic (exact) mass is 259 g/mol. The van der Waals surface area contributed by atoms with Crippen molar-refractivity contribution in [3.8, 4) is 0 Å². The molecule has 0 heterocycles. The molecular weight excluding hydrogens is 253 g/mol. The van der Waals surface area contributed by atoms with Crippen molar-refractivity contribution in [3.05, 3.63) is 27.3 Å². The third-order valence-electron chi connectivity index (χ3n) is 1.34. The van der Waals surface area contributed by atoms with Gasteiger partial charge in [0.1, 0.15) is 0 Å². The Hall–Kier alpha value is -0.670. The lowest BCUT2D eigenvalue weighted by Gasteiger charge is -1.96. The smallest absolute Gasteiger partial charge is 0.211 e. The molecule has 0 saturated carbocycles. The third-order valence-corrected chi connectivity index (χ3v) is 2.01. The van der Waals surface area contributed by atoms with Crippen LogP contribution < -0.4 is 0 Å². The second-order valence-corrected chi connectivity index (χ2v) is 3.38. The molecule has 1 aromatic carbocycles. The van der Waals surface area contributed by atoms with Crippen molar-refractivity contribution in [2.75, 3.05) is 0 Å². The van der Waals surface area contributed by atoms with Crippen LogP contribution in [0.25, 0.3) is 0 Å². The number of aryl methyl sites for hydroxylation is 1. The Bertz CT molecular complexity index is 316. The van der Waals surface area contributed by atoms with E-state index in [4.69, 9.17) is 0 Å². The van der Waals surface area contributed by atoms with E-state index in [1.54, 1.807) is 0 Å². The second-order valence-electron chi connectivity index (χ2n) is 2.13. The molecule has 56 valence electrons. The summed E-state index contributed by atoms with van der Waals surface area (Å²) in [6, 6.07) is 5.75. The number of rotatable bonds is 1. The first-order valence-corrected chi connectivity index (χ1v) is 4.16. The van der Waals surface area contributed by atoms with Crippen LogP contribution in [0.2, 0.25) is 0 Å². The molecule has 0 aliphatic heterocycles. The maximum absolute atomic E-state index is 9.94. The fourth-order valence-electron chi connectivity index (χ4n) is 0.752. The van der Waals surface area contributed by atoms with Crippen molar-refractivity contribution < 1.29 is 4.79 Å². The first-order valence-electron chi connectivity index (χ1n) is 3.08. The average Bonchev–Trinajstić information content (AvgIpc) is 1.98. The number of benzene rings is 1. The molecular formula is C8H6INO. The predicted molar refractivity (Wildman–Crippen MR) is 51.7 cm³/mol. The van der Waals surface area contributed by atoms with Crippen molar-refractivity contribution in [2.24, 2.45) is 4.99 Å². The van der Waals surface area contributed by atoms with Crippen molar-refractivity contribution in [1.29, 1.82) is 0 Å². The zero-order valence-electron chi connectivity index (χ0n) is 5.97. The molecule has 0 saturated heterocycles. The summed E-state index contributed by atoms with van der Waals surface area (Å²) in [6.45, 7) is 1.91. The molecule has 0 radical (unpaired) electrons. The van der Waals surface area contributed by atoms with Gasteiger partial charge < -0.3 is 0 Å². The molecule has 0 aliphatic rings. The highest BCUT2D eigenvalue weighted by molar-refractivity contribution is 14.1. The molecule has 0 atom stereocenters. The minimum absolute atomic E-state index is 0.701. The summed E-state index contributed by atoms with van der Waals surface area (Å²) in [7, 11) is 0. The summed E-state index contributed by atoms with van der Waals surface area (Å²) >= 11 is 2.17. The highest BCUT2D eigenvalue weighted by Gasteiger charge is 1.95. The van der Waals surface area contributed by atoms with Gasteiger partial charge in [0.2, 0.25) is 6.08 Å². The molecule has 0 amide bonds. The van der Waals surface area contributed by atoms with Gasteiger partial charge in [0, 0.05) is 3.57 Å². The van der Waals surface area contributed by atoms with Gasteiger partial charge in [0.15, 0.2) is 0 Å². The van der Waals surface area contributed by atoms with Gasteiger partial charge in [0.25, 0.3) is 0 Å².